The maximum Gasteiger partial charge on any atom is 0.232 e. The maximum atomic E-state index is 11.5. The first-order chi connectivity index (χ1) is 5.34. The molecule has 0 saturated heterocycles. The van der Waals surface area contributed by atoms with Gasteiger partial charge >= 0.3 is 0 Å². The van der Waals surface area contributed by atoms with Crippen LogP contribution < -0.4 is 5.32 Å². The first-order valence-corrected chi connectivity index (χ1v) is 4.10. The van der Waals surface area contributed by atoms with Gasteiger partial charge in [0, 0.05) is 13.0 Å². The summed E-state index contributed by atoms with van der Waals surface area (Å²) in [7, 11) is 1.54. The topological polar surface area (TPSA) is 46.2 Å². The van der Waals surface area contributed by atoms with E-state index in [1.54, 1.807) is 27.7 Å². The Hall–Kier alpha value is -0.860. The lowest BCUT2D eigenvalue weighted by molar-refractivity contribution is -0.141. The Balaban J connectivity index is 4.61. The van der Waals surface area contributed by atoms with Crippen LogP contribution in [0.1, 0.15) is 27.7 Å². The minimum atomic E-state index is -0.900. The molecule has 0 bridgehead atoms. The lowest BCUT2D eigenvalue weighted by atomic mass is 9.82. The number of ketones is 1. The van der Waals surface area contributed by atoms with E-state index in [9.17, 15) is 9.59 Å². The van der Waals surface area contributed by atoms with Crippen molar-refractivity contribution in [3.05, 3.63) is 0 Å². The van der Waals surface area contributed by atoms with Crippen molar-refractivity contribution in [3.63, 3.8) is 0 Å². The molecule has 0 unspecified atom stereocenters. The van der Waals surface area contributed by atoms with Crippen LogP contribution in [0.4, 0.5) is 0 Å². The minimum absolute atomic E-state index is 0.0261. The third-order valence-electron chi connectivity index (χ3n) is 1.94. The summed E-state index contributed by atoms with van der Waals surface area (Å²) in [5.41, 5.74) is -0.900. The molecule has 0 aromatic rings. The van der Waals surface area contributed by atoms with E-state index in [-0.39, 0.29) is 17.6 Å². The van der Waals surface area contributed by atoms with Crippen molar-refractivity contribution in [2.45, 2.75) is 27.7 Å². The molecule has 1 N–H and O–H groups in total. The maximum absolute atomic E-state index is 11.5. The highest BCUT2D eigenvalue weighted by molar-refractivity contribution is 6.05. The number of hydrogen-bond acceptors (Lipinski definition) is 2. The van der Waals surface area contributed by atoms with E-state index >= 15 is 0 Å². The fourth-order valence-corrected chi connectivity index (χ4v) is 1.15. The van der Waals surface area contributed by atoms with Crippen LogP contribution in [0.5, 0.6) is 0 Å². The number of nitrogens with one attached hydrogen (secondary N) is 1. The Labute approximate surface area is 73.5 Å². The van der Waals surface area contributed by atoms with Gasteiger partial charge in [-0.15, -0.1) is 0 Å². The van der Waals surface area contributed by atoms with Crippen LogP contribution in [-0.2, 0) is 9.59 Å². The van der Waals surface area contributed by atoms with Crippen LogP contribution in [0.15, 0.2) is 0 Å². The zero-order valence-electron chi connectivity index (χ0n) is 8.39. The standard InChI is InChI=1S/C9H17NO2/c1-6(2)7(11)9(3,4)8(12)10-5/h6H,1-5H3,(H,10,12). The molecule has 0 aliphatic heterocycles. The van der Waals surface area contributed by atoms with Gasteiger partial charge in [-0.3, -0.25) is 9.59 Å². The molecule has 0 saturated carbocycles. The van der Waals surface area contributed by atoms with Crippen LogP contribution in [-0.4, -0.2) is 18.7 Å². The quantitative estimate of drug-likeness (QED) is 0.643. The highest BCUT2D eigenvalue weighted by Crippen LogP contribution is 2.20. The SMILES string of the molecule is CNC(=O)C(C)(C)C(=O)C(C)C. The molecule has 1 amide bonds. The van der Waals surface area contributed by atoms with Crippen molar-refractivity contribution in [2.75, 3.05) is 7.05 Å². The summed E-state index contributed by atoms with van der Waals surface area (Å²) in [5, 5.41) is 2.48. The fraction of sp³-hybridized carbons (Fsp3) is 0.778. The van der Waals surface area contributed by atoms with E-state index in [0.717, 1.165) is 0 Å². The average molecular weight is 171 g/mol. The smallest absolute Gasteiger partial charge is 0.232 e. The largest absolute Gasteiger partial charge is 0.358 e. The Bertz CT molecular complexity index is 195. The van der Waals surface area contributed by atoms with Crippen LogP contribution in [0, 0.1) is 11.3 Å². The summed E-state index contributed by atoms with van der Waals surface area (Å²) >= 11 is 0. The molecule has 12 heavy (non-hydrogen) atoms. The van der Waals surface area contributed by atoms with Gasteiger partial charge < -0.3 is 5.32 Å². The highest BCUT2D eigenvalue weighted by atomic mass is 16.2. The molecular formula is C9H17NO2. The van der Waals surface area contributed by atoms with Crippen LogP contribution in [0.25, 0.3) is 0 Å². The Morgan fingerprint density at radius 3 is 1.92 bits per heavy atom. The second-order valence-corrected chi connectivity index (χ2v) is 3.72. The third-order valence-corrected chi connectivity index (χ3v) is 1.94. The van der Waals surface area contributed by atoms with Crippen molar-refractivity contribution in [1.82, 2.24) is 5.32 Å². The summed E-state index contributed by atoms with van der Waals surface area (Å²) in [5.74, 6) is -0.347. The normalized spacial score (nSPS) is 11.5. The third kappa shape index (κ3) is 2.06. The number of Topliss-reactive ketones (excluding diaryl/α,β-unsaturated/α-hetero) is 1. The summed E-state index contributed by atoms with van der Waals surface area (Å²) in [6.45, 7) is 6.89. The van der Waals surface area contributed by atoms with Gasteiger partial charge in [0.1, 0.15) is 11.2 Å². The lowest BCUT2D eigenvalue weighted by Crippen LogP contribution is -2.42. The van der Waals surface area contributed by atoms with Gasteiger partial charge in [0.05, 0.1) is 0 Å². The van der Waals surface area contributed by atoms with Crippen LogP contribution in [0.2, 0.25) is 0 Å². The molecule has 3 heteroatoms. The molecule has 0 aromatic carbocycles. The van der Waals surface area contributed by atoms with Crippen LogP contribution >= 0.6 is 0 Å². The number of amides is 1. The summed E-state index contributed by atoms with van der Waals surface area (Å²) in [4.78, 5) is 22.8. The first-order valence-electron chi connectivity index (χ1n) is 4.10. The van der Waals surface area contributed by atoms with Crippen molar-refractivity contribution in [1.29, 1.82) is 0 Å². The molecule has 0 aliphatic rings. The Kier molecular flexibility index (Phi) is 3.43. The lowest BCUT2D eigenvalue weighted by Gasteiger charge is -2.22. The summed E-state index contributed by atoms with van der Waals surface area (Å²) in [6, 6.07) is 0. The second-order valence-electron chi connectivity index (χ2n) is 3.72. The first kappa shape index (κ1) is 11.1. The molecule has 0 spiro atoms. The van der Waals surface area contributed by atoms with Gasteiger partial charge in [0.25, 0.3) is 0 Å². The van der Waals surface area contributed by atoms with Gasteiger partial charge in [0.15, 0.2) is 0 Å². The van der Waals surface area contributed by atoms with E-state index < -0.39 is 5.41 Å². The van der Waals surface area contributed by atoms with E-state index in [2.05, 4.69) is 5.32 Å². The Morgan fingerprint density at radius 2 is 1.67 bits per heavy atom. The number of rotatable bonds is 3. The zero-order chi connectivity index (χ0) is 9.94. The number of hydrogen-bond donors (Lipinski definition) is 1. The van der Waals surface area contributed by atoms with Crippen molar-refractivity contribution < 1.29 is 9.59 Å². The monoisotopic (exact) mass is 171 g/mol. The molecule has 70 valence electrons. The van der Waals surface area contributed by atoms with Gasteiger partial charge in [-0.2, -0.15) is 0 Å². The molecule has 0 atom stereocenters. The molecular weight excluding hydrogens is 154 g/mol. The fourth-order valence-electron chi connectivity index (χ4n) is 1.15. The van der Waals surface area contributed by atoms with Gasteiger partial charge in [-0.25, -0.2) is 0 Å². The van der Waals surface area contributed by atoms with Gasteiger partial charge in [0.2, 0.25) is 5.91 Å². The molecule has 0 rings (SSSR count). The van der Waals surface area contributed by atoms with Gasteiger partial charge in [-0.05, 0) is 13.8 Å². The Morgan fingerprint density at radius 1 is 1.25 bits per heavy atom. The van der Waals surface area contributed by atoms with E-state index in [4.69, 9.17) is 0 Å². The summed E-state index contributed by atoms with van der Waals surface area (Å²) < 4.78 is 0. The molecule has 0 aliphatic carbocycles. The van der Waals surface area contributed by atoms with Crippen LogP contribution in [0.3, 0.4) is 0 Å². The van der Waals surface area contributed by atoms with Crippen molar-refractivity contribution >= 4 is 11.7 Å². The number of carbonyl (C=O) groups is 2. The molecule has 0 heterocycles. The predicted molar refractivity (Wildman–Crippen MR) is 47.7 cm³/mol. The van der Waals surface area contributed by atoms with Crippen molar-refractivity contribution in [2.24, 2.45) is 11.3 Å². The molecule has 3 nitrogen and oxygen atoms in total. The molecule has 0 aromatic heterocycles. The van der Waals surface area contributed by atoms with E-state index in [0.29, 0.717) is 0 Å². The van der Waals surface area contributed by atoms with Crippen molar-refractivity contribution in [3.8, 4) is 0 Å². The van der Waals surface area contributed by atoms with E-state index in [1.807, 2.05) is 0 Å². The van der Waals surface area contributed by atoms with Gasteiger partial charge in [-0.1, -0.05) is 13.8 Å². The molecule has 0 fully saturated rings. The number of carbonyl (C=O) groups excluding carboxylic acids is 2. The predicted octanol–water partition coefficient (Wildman–Crippen LogP) is 0.984. The highest BCUT2D eigenvalue weighted by Gasteiger charge is 2.36. The van der Waals surface area contributed by atoms with E-state index in [1.165, 1.54) is 7.05 Å². The average Bonchev–Trinajstić information content (AvgIpc) is 2.01. The minimum Gasteiger partial charge on any atom is -0.358 e. The second kappa shape index (κ2) is 3.70. The molecule has 0 radical (unpaired) electrons. The zero-order valence-corrected chi connectivity index (χ0v) is 8.39. The summed E-state index contributed by atoms with van der Waals surface area (Å²) in [6.07, 6.45) is 0.